The van der Waals surface area contributed by atoms with Crippen LogP contribution in [0.5, 0.6) is 0 Å². The largest absolute Gasteiger partial charge is 0.379 e. The molecule has 1 aromatic carbocycles. The molecule has 0 bridgehead atoms. The summed E-state index contributed by atoms with van der Waals surface area (Å²) in [7, 11) is 0. The Morgan fingerprint density at radius 2 is 1.58 bits per heavy atom. The van der Waals surface area contributed by atoms with Crippen molar-refractivity contribution in [2.75, 3.05) is 13.2 Å². The highest BCUT2D eigenvalue weighted by atomic mass is 16.5. The molecule has 0 aliphatic carbocycles. The van der Waals surface area contributed by atoms with Crippen molar-refractivity contribution in [2.24, 2.45) is 11.7 Å². The molecule has 0 amide bonds. The topological polar surface area (TPSA) is 35.2 Å². The predicted octanol–water partition coefficient (Wildman–Crippen LogP) is 4.26. The Kier molecular flexibility index (Phi) is 7.11. The Morgan fingerprint density at radius 3 is 2.11 bits per heavy atom. The smallest absolute Gasteiger partial charge is 0.0659 e. The van der Waals surface area contributed by atoms with Gasteiger partial charge in [-0.25, -0.2) is 0 Å². The summed E-state index contributed by atoms with van der Waals surface area (Å²) in [5.74, 6) is 1.32. The van der Waals surface area contributed by atoms with Gasteiger partial charge in [-0.15, -0.1) is 0 Å². The SMILES string of the molecule is CC(C)CCCOCC(N)c1ccc(C(C)C)cc1. The van der Waals surface area contributed by atoms with E-state index in [0.717, 1.165) is 24.5 Å². The van der Waals surface area contributed by atoms with Crippen LogP contribution in [0, 0.1) is 5.92 Å². The molecule has 2 nitrogen and oxygen atoms in total. The third-order valence-corrected chi connectivity index (χ3v) is 3.40. The monoisotopic (exact) mass is 263 g/mol. The van der Waals surface area contributed by atoms with E-state index in [1.807, 2.05) is 0 Å². The molecule has 2 N–H and O–H groups in total. The zero-order valence-electron chi connectivity index (χ0n) is 12.9. The van der Waals surface area contributed by atoms with Gasteiger partial charge < -0.3 is 10.5 Å². The van der Waals surface area contributed by atoms with Gasteiger partial charge in [0.15, 0.2) is 0 Å². The summed E-state index contributed by atoms with van der Waals surface area (Å²) in [5, 5.41) is 0. The normalized spacial score (nSPS) is 13.2. The van der Waals surface area contributed by atoms with Gasteiger partial charge in [0.2, 0.25) is 0 Å². The van der Waals surface area contributed by atoms with E-state index >= 15 is 0 Å². The lowest BCUT2D eigenvalue weighted by atomic mass is 9.99. The van der Waals surface area contributed by atoms with Crippen LogP contribution in [0.15, 0.2) is 24.3 Å². The van der Waals surface area contributed by atoms with Crippen LogP contribution in [0.1, 0.15) is 63.6 Å². The third-order valence-electron chi connectivity index (χ3n) is 3.40. The van der Waals surface area contributed by atoms with Gasteiger partial charge in [-0.1, -0.05) is 52.0 Å². The van der Waals surface area contributed by atoms with Gasteiger partial charge in [0.25, 0.3) is 0 Å². The Labute approximate surface area is 118 Å². The van der Waals surface area contributed by atoms with Crippen LogP contribution in [-0.2, 0) is 4.74 Å². The fourth-order valence-electron chi connectivity index (χ4n) is 2.03. The predicted molar refractivity (Wildman–Crippen MR) is 82.4 cm³/mol. The van der Waals surface area contributed by atoms with E-state index in [0.29, 0.717) is 12.5 Å². The van der Waals surface area contributed by atoms with Gasteiger partial charge in [0.05, 0.1) is 12.6 Å². The molecule has 0 heterocycles. The van der Waals surface area contributed by atoms with Crippen LogP contribution >= 0.6 is 0 Å². The van der Waals surface area contributed by atoms with Gasteiger partial charge in [0, 0.05) is 6.61 Å². The number of hydrogen-bond acceptors (Lipinski definition) is 2. The van der Waals surface area contributed by atoms with Crippen LogP contribution in [0.2, 0.25) is 0 Å². The Bertz CT molecular complexity index is 343. The first-order chi connectivity index (χ1) is 9.00. The fraction of sp³-hybridized carbons (Fsp3) is 0.647. The second-order valence-corrected chi connectivity index (χ2v) is 6.04. The minimum absolute atomic E-state index is 0.0136. The number of nitrogens with two attached hydrogens (primary N) is 1. The molecule has 0 radical (unpaired) electrons. The molecule has 0 aliphatic rings. The van der Waals surface area contributed by atoms with Crippen LogP contribution < -0.4 is 5.73 Å². The van der Waals surface area contributed by atoms with Gasteiger partial charge >= 0.3 is 0 Å². The second kappa shape index (κ2) is 8.34. The van der Waals surface area contributed by atoms with E-state index in [1.54, 1.807) is 0 Å². The molecule has 0 aliphatic heterocycles. The van der Waals surface area contributed by atoms with Gasteiger partial charge in [-0.2, -0.15) is 0 Å². The van der Waals surface area contributed by atoms with Crippen molar-refractivity contribution in [1.29, 1.82) is 0 Å². The average molecular weight is 263 g/mol. The number of hydrogen-bond donors (Lipinski definition) is 1. The van der Waals surface area contributed by atoms with Crippen molar-refractivity contribution in [3.63, 3.8) is 0 Å². The Hall–Kier alpha value is -0.860. The molecule has 0 saturated heterocycles. The van der Waals surface area contributed by atoms with Crippen molar-refractivity contribution >= 4 is 0 Å². The van der Waals surface area contributed by atoms with Gasteiger partial charge in [0.1, 0.15) is 0 Å². The molecule has 1 aromatic rings. The summed E-state index contributed by atoms with van der Waals surface area (Å²) < 4.78 is 5.65. The molecule has 0 spiro atoms. The quantitative estimate of drug-likeness (QED) is 0.711. The van der Waals surface area contributed by atoms with Crippen LogP contribution in [-0.4, -0.2) is 13.2 Å². The van der Waals surface area contributed by atoms with Crippen LogP contribution in [0.4, 0.5) is 0 Å². The molecule has 0 aromatic heterocycles. The van der Waals surface area contributed by atoms with E-state index in [4.69, 9.17) is 10.5 Å². The van der Waals surface area contributed by atoms with E-state index in [1.165, 1.54) is 12.0 Å². The molecule has 1 atom stereocenters. The summed E-state index contributed by atoms with van der Waals surface area (Å²) >= 11 is 0. The first-order valence-corrected chi connectivity index (χ1v) is 7.44. The zero-order valence-corrected chi connectivity index (χ0v) is 12.9. The summed E-state index contributed by atoms with van der Waals surface area (Å²) in [4.78, 5) is 0. The lowest BCUT2D eigenvalue weighted by Gasteiger charge is -2.14. The van der Waals surface area contributed by atoms with Crippen molar-refractivity contribution in [2.45, 2.75) is 52.5 Å². The zero-order chi connectivity index (χ0) is 14.3. The van der Waals surface area contributed by atoms with Crippen LogP contribution in [0.3, 0.4) is 0 Å². The molecule has 1 rings (SSSR count). The molecular weight excluding hydrogens is 234 g/mol. The molecule has 19 heavy (non-hydrogen) atoms. The summed E-state index contributed by atoms with van der Waals surface area (Å²) in [6.45, 7) is 10.3. The lowest BCUT2D eigenvalue weighted by Crippen LogP contribution is -2.17. The molecule has 1 unspecified atom stereocenters. The minimum Gasteiger partial charge on any atom is -0.379 e. The summed E-state index contributed by atoms with van der Waals surface area (Å²) in [6.07, 6.45) is 2.34. The Balaban J connectivity index is 2.31. The lowest BCUT2D eigenvalue weighted by molar-refractivity contribution is 0.115. The molecule has 0 fully saturated rings. The standard InChI is InChI=1S/C17H29NO/c1-13(2)6-5-11-19-12-17(18)16-9-7-15(8-10-16)14(3)4/h7-10,13-14,17H,5-6,11-12,18H2,1-4H3. The van der Waals surface area contributed by atoms with Gasteiger partial charge in [-0.3, -0.25) is 0 Å². The number of ether oxygens (including phenoxy) is 1. The van der Waals surface area contributed by atoms with Crippen molar-refractivity contribution in [3.8, 4) is 0 Å². The van der Waals surface area contributed by atoms with Crippen LogP contribution in [0.25, 0.3) is 0 Å². The van der Waals surface area contributed by atoms with Crippen molar-refractivity contribution in [3.05, 3.63) is 35.4 Å². The molecule has 108 valence electrons. The fourth-order valence-corrected chi connectivity index (χ4v) is 2.03. The number of rotatable bonds is 8. The molecular formula is C17H29NO. The van der Waals surface area contributed by atoms with Gasteiger partial charge in [-0.05, 0) is 35.8 Å². The van der Waals surface area contributed by atoms with E-state index in [2.05, 4.69) is 52.0 Å². The highest BCUT2D eigenvalue weighted by Gasteiger charge is 2.07. The minimum atomic E-state index is -0.0136. The van der Waals surface area contributed by atoms with Crippen molar-refractivity contribution in [1.82, 2.24) is 0 Å². The second-order valence-electron chi connectivity index (χ2n) is 6.04. The maximum Gasteiger partial charge on any atom is 0.0659 e. The van der Waals surface area contributed by atoms with E-state index in [-0.39, 0.29) is 6.04 Å². The first kappa shape index (κ1) is 16.2. The van der Waals surface area contributed by atoms with E-state index in [9.17, 15) is 0 Å². The molecule has 0 saturated carbocycles. The number of benzene rings is 1. The van der Waals surface area contributed by atoms with E-state index < -0.39 is 0 Å². The third kappa shape index (κ3) is 6.22. The average Bonchev–Trinajstić information content (AvgIpc) is 2.37. The summed E-state index contributed by atoms with van der Waals surface area (Å²) in [5.41, 5.74) is 8.65. The Morgan fingerprint density at radius 1 is 1.00 bits per heavy atom. The highest BCUT2D eigenvalue weighted by molar-refractivity contribution is 5.26. The van der Waals surface area contributed by atoms with Crippen molar-refractivity contribution < 1.29 is 4.74 Å². The maximum atomic E-state index is 6.14. The highest BCUT2D eigenvalue weighted by Crippen LogP contribution is 2.18. The first-order valence-electron chi connectivity index (χ1n) is 7.44. The summed E-state index contributed by atoms with van der Waals surface area (Å²) in [6, 6.07) is 8.56. The maximum absolute atomic E-state index is 6.14. The molecule has 2 heteroatoms.